The lowest BCUT2D eigenvalue weighted by molar-refractivity contribution is 0.286. The summed E-state index contributed by atoms with van der Waals surface area (Å²) in [5.74, 6) is 1.59. The summed E-state index contributed by atoms with van der Waals surface area (Å²) in [5, 5.41) is 1.45. The van der Waals surface area contributed by atoms with E-state index in [9.17, 15) is 4.39 Å². The van der Waals surface area contributed by atoms with Crippen LogP contribution >= 0.6 is 8.58 Å². The monoisotopic (exact) mass is 370 g/mol. The summed E-state index contributed by atoms with van der Waals surface area (Å²) in [6, 6.07) is 20.3. The van der Waals surface area contributed by atoms with Crippen molar-refractivity contribution in [2.75, 3.05) is 14.2 Å². The summed E-state index contributed by atoms with van der Waals surface area (Å²) in [6.45, 7) is 0.401. The van der Waals surface area contributed by atoms with E-state index in [0.717, 1.165) is 10.9 Å². The van der Waals surface area contributed by atoms with Crippen molar-refractivity contribution in [1.29, 1.82) is 0 Å². The maximum Gasteiger partial charge on any atom is 0.169 e. The van der Waals surface area contributed by atoms with Gasteiger partial charge in [-0.15, -0.1) is 0 Å². The highest BCUT2D eigenvalue weighted by atomic mass is 31.1. The van der Waals surface area contributed by atoms with Crippen molar-refractivity contribution in [2.45, 2.75) is 6.61 Å². The van der Waals surface area contributed by atoms with Crippen molar-refractivity contribution in [3.63, 3.8) is 0 Å². The molecule has 1 atom stereocenters. The molecular weight excluding hydrogens is 350 g/mol. The van der Waals surface area contributed by atoms with Crippen molar-refractivity contribution in [2.24, 2.45) is 0 Å². The molecule has 26 heavy (non-hydrogen) atoms. The normalized spacial score (nSPS) is 10.9. The summed E-state index contributed by atoms with van der Waals surface area (Å²) >= 11 is 0. The molecule has 0 bridgehead atoms. The van der Waals surface area contributed by atoms with Crippen LogP contribution in [0.25, 0.3) is 0 Å². The Morgan fingerprint density at radius 2 is 1.58 bits per heavy atom. The highest BCUT2D eigenvalue weighted by Gasteiger charge is 2.16. The Balaban J connectivity index is 1.95. The highest BCUT2D eigenvalue weighted by Crippen LogP contribution is 2.34. The van der Waals surface area contributed by atoms with E-state index in [-0.39, 0.29) is 14.4 Å². The zero-order chi connectivity index (χ0) is 18.4. The fraction of sp³-hybridized carbons (Fsp3) is 0.143. The molecule has 3 rings (SSSR count). The summed E-state index contributed by atoms with van der Waals surface area (Å²) in [6.07, 6.45) is 0. The van der Waals surface area contributed by atoms with Gasteiger partial charge in [-0.25, -0.2) is 4.39 Å². The van der Waals surface area contributed by atoms with Crippen LogP contribution in [0.15, 0.2) is 66.7 Å². The van der Waals surface area contributed by atoms with Gasteiger partial charge in [0.1, 0.15) is 18.2 Å². The van der Waals surface area contributed by atoms with E-state index in [1.807, 2.05) is 42.5 Å². The van der Waals surface area contributed by atoms with Gasteiger partial charge in [0, 0.05) is 16.7 Å². The van der Waals surface area contributed by atoms with Gasteiger partial charge in [-0.1, -0.05) is 57.1 Å². The van der Waals surface area contributed by atoms with Crippen molar-refractivity contribution >= 4 is 19.2 Å². The number of halogens is 1. The lowest BCUT2D eigenvalue weighted by atomic mass is 10.2. The molecule has 134 valence electrons. The van der Waals surface area contributed by atoms with Crippen LogP contribution in [0.5, 0.6) is 17.2 Å². The van der Waals surface area contributed by atoms with Gasteiger partial charge in [-0.05, 0) is 17.7 Å². The van der Waals surface area contributed by atoms with E-state index in [0.29, 0.717) is 29.2 Å². The number of rotatable bonds is 7. The molecule has 0 fully saturated rings. The molecule has 0 saturated heterocycles. The van der Waals surface area contributed by atoms with Gasteiger partial charge in [-0.3, -0.25) is 0 Å². The first-order valence-corrected chi connectivity index (χ1v) is 9.15. The number of ether oxygens (including phenoxy) is 3. The van der Waals surface area contributed by atoms with Crippen LogP contribution in [-0.4, -0.2) is 14.2 Å². The van der Waals surface area contributed by atoms with Crippen LogP contribution in [0.4, 0.5) is 4.39 Å². The van der Waals surface area contributed by atoms with E-state index in [1.165, 1.54) is 6.07 Å². The van der Waals surface area contributed by atoms with Gasteiger partial charge in [0.15, 0.2) is 11.5 Å². The standard InChI is InChI=1S/C21H20FO3P/c1-23-16-12-18(24-2)21(25-14-15-8-4-3-5-9-15)20(13-16)26-19-11-7-6-10-17(19)22/h3-13,26H,14H2,1-2H3. The van der Waals surface area contributed by atoms with Gasteiger partial charge in [0.25, 0.3) is 0 Å². The van der Waals surface area contributed by atoms with Crippen LogP contribution in [0.3, 0.4) is 0 Å². The van der Waals surface area contributed by atoms with Crippen LogP contribution in [0.1, 0.15) is 5.56 Å². The topological polar surface area (TPSA) is 27.7 Å². The Labute approximate surface area is 154 Å². The van der Waals surface area contributed by atoms with Crippen LogP contribution in [0.2, 0.25) is 0 Å². The Kier molecular flexibility index (Phi) is 6.08. The molecule has 0 amide bonds. The zero-order valence-corrected chi connectivity index (χ0v) is 15.7. The van der Waals surface area contributed by atoms with Crippen molar-refractivity contribution in [3.05, 3.63) is 78.1 Å². The molecule has 0 aromatic heterocycles. The largest absolute Gasteiger partial charge is 0.497 e. The third-order valence-corrected chi connectivity index (χ3v) is 5.17. The third-order valence-electron chi connectivity index (χ3n) is 3.85. The minimum Gasteiger partial charge on any atom is -0.497 e. The Morgan fingerprint density at radius 1 is 0.846 bits per heavy atom. The number of methoxy groups -OCH3 is 2. The fourth-order valence-corrected chi connectivity index (χ4v) is 3.72. The minimum absolute atomic E-state index is 0.0807. The Bertz CT molecular complexity index is 868. The summed E-state index contributed by atoms with van der Waals surface area (Å²) in [5.41, 5.74) is 1.05. The first-order chi connectivity index (χ1) is 12.7. The third kappa shape index (κ3) is 4.33. The molecule has 5 heteroatoms. The van der Waals surface area contributed by atoms with E-state index in [1.54, 1.807) is 32.4 Å². The quantitative estimate of drug-likeness (QED) is 0.587. The van der Waals surface area contributed by atoms with E-state index in [2.05, 4.69) is 0 Å². The van der Waals surface area contributed by atoms with Crippen molar-refractivity contribution < 1.29 is 18.6 Å². The second kappa shape index (κ2) is 8.68. The zero-order valence-electron chi connectivity index (χ0n) is 14.7. The average Bonchev–Trinajstić information content (AvgIpc) is 2.69. The molecule has 0 spiro atoms. The predicted octanol–water partition coefficient (Wildman–Crippen LogP) is 4.05. The first kappa shape index (κ1) is 18.2. The first-order valence-electron chi connectivity index (χ1n) is 8.15. The summed E-state index contributed by atoms with van der Waals surface area (Å²) < 4.78 is 31.0. The number of hydrogen-bond acceptors (Lipinski definition) is 3. The average molecular weight is 370 g/mol. The number of benzene rings is 3. The molecule has 3 aromatic rings. The molecule has 0 radical (unpaired) electrons. The molecule has 0 aliphatic carbocycles. The Hall–Kier alpha value is -2.58. The highest BCUT2D eigenvalue weighted by molar-refractivity contribution is 7.55. The second-order valence-corrected chi connectivity index (χ2v) is 6.91. The fourth-order valence-electron chi connectivity index (χ4n) is 2.53. The van der Waals surface area contributed by atoms with Gasteiger partial charge in [0.05, 0.1) is 14.2 Å². The molecule has 0 N–H and O–H groups in total. The molecule has 3 nitrogen and oxygen atoms in total. The number of hydrogen-bond donors (Lipinski definition) is 0. The summed E-state index contributed by atoms with van der Waals surface area (Å²) in [4.78, 5) is 0. The molecule has 1 unspecified atom stereocenters. The van der Waals surface area contributed by atoms with Crippen LogP contribution in [0, 0.1) is 5.82 Å². The van der Waals surface area contributed by atoms with Crippen molar-refractivity contribution in [1.82, 2.24) is 0 Å². The van der Waals surface area contributed by atoms with E-state index >= 15 is 0 Å². The predicted molar refractivity (Wildman–Crippen MR) is 104 cm³/mol. The minimum atomic E-state index is -0.235. The van der Waals surface area contributed by atoms with E-state index in [4.69, 9.17) is 14.2 Å². The molecule has 0 aliphatic heterocycles. The van der Waals surface area contributed by atoms with Gasteiger partial charge < -0.3 is 14.2 Å². The van der Waals surface area contributed by atoms with Gasteiger partial charge >= 0.3 is 0 Å². The maximum absolute atomic E-state index is 14.1. The smallest absolute Gasteiger partial charge is 0.169 e. The SMILES string of the molecule is COc1cc(OC)c(OCc2ccccc2)c(Pc2ccccc2F)c1. The van der Waals surface area contributed by atoms with Crippen LogP contribution in [-0.2, 0) is 6.61 Å². The molecular formula is C21H20FO3P. The lowest BCUT2D eigenvalue weighted by Crippen LogP contribution is -2.12. The summed E-state index contributed by atoms with van der Waals surface area (Å²) in [7, 11) is 3.26. The maximum atomic E-state index is 14.1. The van der Waals surface area contributed by atoms with E-state index < -0.39 is 0 Å². The lowest BCUT2D eigenvalue weighted by Gasteiger charge is -2.17. The molecule has 3 aromatic carbocycles. The Morgan fingerprint density at radius 3 is 2.27 bits per heavy atom. The molecule has 0 heterocycles. The van der Waals surface area contributed by atoms with Gasteiger partial charge in [-0.2, -0.15) is 0 Å². The van der Waals surface area contributed by atoms with Gasteiger partial charge in [0.2, 0.25) is 0 Å². The molecule has 0 aliphatic rings. The second-order valence-electron chi connectivity index (χ2n) is 5.59. The van der Waals surface area contributed by atoms with Crippen LogP contribution < -0.4 is 24.8 Å². The molecule has 0 saturated carbocycles. The van der Waals surface area contributed by atoms with Crippen molar-refractivity contribution in [3.8, 4) is 17.2 Å².